The fourth-order valence-electron chi connectivity index (χ4n) is 0. The highest BCUT2D eigenvalue weighted by molar-refractivity contribution is 7.18. The number of hydrogen-bond acceptors (Lipinski definition) is 2. The first-order valence-electron chi connectivity index (χ1n) is 4.25. The van der Waals surface area contributed by atoms with Crippen LogP contribution in [0.25, 0.3) is 0 Å². The smallest absolute Gasteiger partial charge is 0.183 e. The number of aliphatic hydroxyl groups is 1. The molecule has 0 aliphatic heterocycles. The first kappa shape index (κ1) is 24.1. The van der Waals surface area contributed by atoms with Gasteiger partial charge in [0, 0.05) is 14.2 Å². The van der Waals surface area contributed by atoms with Gasteiger partial charge in [-0.1, -0.05) is 27.1 Å². The summed E-state index contributed by atoms with van der Waals surface area (Å²) in [4.78, 5) is 0. The molecule has 0 unspecified atom stereocenters. The maximum Gasteiger partial charge on any atom is 0.183 e. The minimum atomic E-state index is -1.14. The standard InChI is InChI=1S/C4H12OSi.C3H9ClSi.CH4O.CH4/c1-5-6(2,3)4;1-5(2,3)4;1-2;/h1-4H3;1-3H3;2H,1H3;1H4. The van der Waals surface area contributed by atoms with E-state index in [4.69, 9.17) is 20.6 Å². The lowest BCUT2D eigenvalue weighted by atomic mass is 11.8. The average Bonchev–Trinajstić information content (AvgIpc) is 1.87. The van der Waals surface area contributed by atoms with Gasteiger partial charge in [-0.3, -0.25) is 0 Å². The van der Waals surface area contributed by atoms with Crippen molar-refractivity contribution in [2.24, 2.45) is 0 Å². The number of aliphatic hydroxyl groups excluding tert-OH is 1. The molecule has 0 rings (SSSR count). The molecule has 1 N–H and O–H groups in total. The first-order valence-corrected chi connectivity index (χ1v) is 12.2. The second-order valence-corrected chi connectivity index (χ2v) is 16.6. The van der Waals surface area contributed by atoms with Crippen LogP contribution in [0.2, 0.25) is 39.3 Å². The average molecular weight is 261 g/mol. The summed E-state index contributed by atoms with van der Waals surface area (Å²) in [6.45, 7) is 12.8. The molecule has 0 spiro atoms. The number of rotatable bonds is 1. The summed E-state index contributed by atoms with van der Waals surface area (Å²) >= 11 is 5.67. The van der Waals surface area contributed by atoms with Gasteiger partial charge < -0.3 is 9.53 Å². The van der Waals surface area contributed by atoms with Gasteiger partial charge in [0.25, 0.3) is 0 Å². The minimum Gasteiger partial charge on any atom is -0.421 e. The summed E-state index contributed by atoms with van der Waals surface area (Å²) in [5.74, 6) is 0. The van der Waals surface area contributed by atoms with E-state index in [0.717, 1.165) is 7.11 Å². The lowest BCUT2D eigenvalue weighted by Gasteiger charge is -2.10. The van der Waals surface area contributed by atoms with Crippen molar-refractivity contribution in [3.8, 4) is 0 Å². The summed E-state index contributed by atoms with van der Waals surface area (Å²) in [5.41, 5.74) is 0. The zero-order valence-electron chi connectivity index (χ0n) is 10.2. The summed E-state index contributed by atoms with van der Waals surface area (Å²) in [6, 6.07) is 0. The highest BCUT2D eigenvalue weighted by atomic mass is 35.6. The number of hydrogen-bond donors (Lipinski definition) is 1. The van der Waals surface area contributed by atoms with Crippen molar-refractivity contribution in [2.45, 2.75) is 46.7 Å². The van der Waals surface area contributed by atoms with Crippen LogP contribution < -0.4 is 0 Å². The van der Waals surface area contributed by atoms with Crippen LogP contribution in [0, 0.1) is 0 Å². The van der Waals surface area contributed by atoms with Crippen LogP contribution in [0.5, 0.6) is 0 Å². The molecule has 0 radical (unpaired) electrons. The Labute approximate surface area is 97.5 Å². The lowest BCUT2D eigenvalue weighted by Crippen LogP contribution is -2.22. The molecule has 0 bridgehead atoms. The van der Waals surface area contributed by atoms with Gasteiger partial charge in [0.2, 0.25) is 0 Å². The van der Waals surface area contributed by atoms with Gasteiger partial charge in [-0.05, 0) is 19.6 Å². The third kappa shape index (κ3) is 129. The van der Waals surface area contributed by atoms with Crippen molar-refractivity contribution < 1.29 is 9.53 Å². The van der Waals surface area contributed by atoms with E-state index in [2.05, 4.69) is 39.3 Å². The molecule has 2 nitrogen and oxygen atoms in total. The zero-order valence-corrected chi connectivity index (χ0v) is 13.0. The van der Waals surface area contributed by atoms with Gasteiger partial charge in [0.15, 0.2) is 8.32 Å². The molecule has 0 amide bonds. The van der Waals surface area contributed by atoms with E-state index in [1.165, 1.54) is 0 Å². The Bertz CT molecular complexity index is 92.0. The fraction of sp³-hybridized carbons (Fsp3) is 1.00. The van der Waals surface area contributed by atoms with Crippen molar-refractivity contribution in [1.29, 1.82) is 0 Å². The van der Waals surface area contributed by atoms with E-state index in [1.807, 2.05) is 0 Å². The summed E-state index contributed by atoms with van der Waals surface area (Å²) < 4.78 is 5.08. The van der Waals surface area contributed by atoms with Crippen molar-refractivity contribution >= 4 is 26.8 Å². The van der Waals surface area contributed by atoms with E-state index in [0.29, 0.717) is 0 Å². The molecule has 0 aromatic heterocycles. The summed E-state index contributed by atoms with van der Waals surface area (Å²) in [5, 5.41) is 7.00. The van der Waals surface area contributed by atoms with Crippen LogP contribution in [0.1, 0.15) is 7.43 Å². The van der Waals surface area contributed by atoms with Gasteiger partial charge in [-0.2, -0.15) is 11.1 Å². The maximum atomic E-state index is 7.00. The molecular weight excluding hydrogens is 232 g/mol. The van der Waals surface area contributed by atoms with E-state index >= 15 is 0 Å². The molecule has 0 saturated heterocycles. The van der Waals surface area contributed by atoms with Crippen molar-refractivity contribution in [2.75, 3.05) is 14.2 Å². The molecular formula is C9H29ClO2Si2. The van der Waals surface area contributed by atoms with E-state index in [1.54, 1.807) is 7.11 Å². The first-order chi connectivity index (χ1) is 5.56. The van der Waals surface area contributed by atoms with Crippen molar-refractivity contribution in [1.82, 2.24) is 0 Å². The van der Waals surface area contributed by atoms with Crippen molar-refractivity contribution in [3.63, 3.8) is 0 Å². The van der Waals surface area contributed by atoms with Crippen LogP contribution >= 0.6 is 11.1 Å². The van der Waals surface area contributed by atoms with E-state index in [-0.39, 0.29) is 7.43 Å². The van der Waals surface area contributed by atoms with E-state index < -0.39 is 15.7 Å². The predicted octanol–water partition coefficient (Wildman–Crippen LogP) is 3.77. The molecule has 0 heterocycles. The highest BCUT2D eigenvalue weighted by Crippen LogP contribution is 2.03. The summed E-state index contributed by atoms with van der Waals surface area (Å²) in [7, 11) is 0.500. The Hall–Kier alpha value is 0.644. The predicted molar refractivity (Wildman–Crippen MR) is 74.4 cm³/mol. The minimum absolute atomic E-state index is 0. The highest BCUT2D eigenvalue weighted by Gasteiger charge is 2.09. The lowest BCUT2D eigenvalue weighted by molar-refractivity contribution is 0.399. The quantitative estimate of drug-likeness (QED) is 0.575. The second-order valence-electron chi connectivity index (χ2n) is 4.38. The summed E-state index contributed by atoms with van der Waals surface area (Å²) in [6.07, 6.45) is 0. The van der Waals surface area contributed by atoms with Crippen molar-refractivity contribution in [3.05, 3.63) is 0 Å². The Morgan fingerprint density at radius 1 is 0.929 bits per heavy atom. The molecule has 0 aromatic carbocycles. The fourth-order valence-corrected chi connectivity index (χ4v) is 0. The molecule has 5 heteroatoms. The van der Waals surface area contributed by atoms with Gasteiger partial charge in [-0.15, -0.1) is 0 Å². The Balaban J connectivity index is -0.0000000576. The zero-order chi connectivity index (χ0) is 11.7. The Morgan fingerprint density at radius 2 is 1.00 bits per heavy atom. The topological polar surface area (TPSA) is 29.5 Å². The molecule has 92 valence electrons. The Morgan fingerprint density at radius 3 is 1.00 bits per heavy atom. The van der Waals surface area contributed by atoms with Gasteiger partial charge in [0.05, 0.1) is 0 Å². The van der Waals surface area contributed by atoms with Crippen LogP contribution in [0.15, 0.2) is 0 Å². The molecule has 14 heavy (non-hydrogen) atoms. The van der Waals surface area contributed by atoms with Gasteiger partial charge in [0.1, 0.15) is 7.38 Å². The molecule has 0 fully saturated rings. The molecule has 0 aromatic rings. The normalized spacial score (nSPS) is 9.86. The largest absolute Gasteiger partial charge is 0.421 e. The molecule has 0 aliphatic rings. The third-order valence-electron chi connectivity index (χ3n) is 0.612. The third-order valence-corrected chi connectivity index (χ3v) is 1.84. The van der Waals surface area contributed by atoms with Gasteiger partial charge >= 0.3 is 0 Å². The SMILES string of the molecule is C.CO.CO[Si](C)(C)C.C[Si](C)(C)Cl. The van der Waals surface area contributed by atoms with Crippen LogP contribution in [0.3, 0.4) is 0 Å². The van der Waals surface area contributed by atoms with Crippen LogP contribution in [-0.4, -0.2) is 35.0 Å². The molecule has 0 aliphatic carbocycles. The Kier molecular flexibility index (Phi) is 20.1. The molecule has 0 saturated carbocycles. The van der Waals surface area contributed by atoms with Gasteiger partial charge in [-0.25, -0.2) is 0 Å². The molecule has 0 atom stereocenters. The number of halogens is 1. The van der Waals surface area contributed by atoms with Crippen LogP contribution in [0.4, 0.5) is 0 Å². The van der Waals surface area contributed by atoms with E-state index in [9.17, 15) is 0 Å². The van der Waals surface area contributed by atoms with Crippen LogP contribution in [-0.2, 0) is 4.43 Å². The maximum absolute atomic E-state index is 7.00. The monoisotopic (exact) mass is 260 g/mol. The second kappa shape index (κ2) is 11.7.